The molecule has 0 fully saturated rings. The second-order valence-corrected chi connectivity index (χ2v) is 5.33. The quantitative estimate of drug-likeness (QED) is 0.470. The normalized spacial score (nSPS) is 11.1. The SMILES string of the molecule is Clc1nc(-c2cn3ccccc3n2)nc(Cl)c1I. The fraction of sp³-hybridized carbons (Fsp3) is 0. The first-order chi connectivity index (χ1) is 8.65. The van der Waals surface area contributed by atoms with E-state index in [0.29, 0.717) is 25.4 Å². The lowest BCUT2D eigenvalue weighted by molar-refractivity contribution is 1.14. The Bertz CT molecular complexity index is 685. The van der Waals surface area contributed by atoms with Crippen LogP contribution in [0.2, 0.25) is 10.3 Å². The van der Waals surface area contributed by atoms with Crippen LogP contribution in [-0.2, 0) is 0 Å². The second kappa shape index (κ2) is 4.64. The third kappa shape index (κ3) is 2.06. The van der Waals surface area contributed by atoms with Gasteiger partial charge in [0.05, 0.1) is 3.57 Å². The van der Waals surface area contributed by atoms with Crippen molar-refractivity contribution in [3.05, 3.63) is 44.5 Å². The Balaban J connectivity index is 2.20. The minimum Gasteiger partial charge on any atom is -0.306 e. The second-order valence-electron chi connectivity index (χ2n) is 3.54. The van der Waals surface area contributed by atoms with E-state index in [1.807, 2.05) is 57.6 Å². The number of hydrogen-bond acceptors (Lipinski definition) is 3. The Labute approximate surface area is 126 Å². The summed E-state index contributed by atoms with van der Waals surface area (Å²) in [5.74, 6) is 0.425. The number of fused-ring (bicyclic) bond motifs is 1. The fourth-order valence-corrected chi connectivity index (χ4v) is 2.18. The largest absolute Gasteiger partial charge is 0.306 e. The fourth-order valence-electron chi connectivity index (χ4n) is 1.55. The average molecular weight is 391 g/mol. The molecule has 0 amide bonds. The molecule has 3 aromatic rings. The Hall–Kier alpha value is -0.920. The van der Waals surface area contributed by atoms with E-state index in [1.54, 1.807) is 0 Å². The molecule has 18 heavy (non-hydrogen) atoms. The number of pyridine rings is 1. The summed E-state index contributed by atoms with van der Waals surface area (Å²) in [5, 5.41) is 0.672. The topological polar surface area (TPSA) is 43.1 Å². The molecule has 3 heterocycles. The van der Waals surface area contributed by atoms with Crippen molar-refractivity contribution < 1.29 is 0 Å². The van der Waals surface area contributed by atoms with E-state index in [0.717, 1.165) is 5.65 Å². The lowest BCUT2D eigenvalue weighted by atomic mass is 10.4. The van der Waals surface area contributed by atoms with Gasteiger partial charge in [0, 0.05) is 12.4 Å². The van der Waals surface area contributed by atoms with Gasteiger partial charge in [-0.2, -0.15) is 0 Å². The van der Waals surface area contributed by atoms with Crippen LogP contribution in [0.5, 0.6) is 0 Å². The van der Waals surface area contributed by atoms with Crippen molar-refractivity contribution in [2.24, 2.45) is 0 Å². The molecular formula is C11H5Cl2IN4. The van der Waals surface area contributed by atoms with Gasteiger partial charge < -0.3 is 4.40 Å². The van der Waals surface area contributed by atoms with Crippen molar-refractivity contribution in [1.82, 2.24) is 19.4 Å². The minimum absolute atomic E-state index is 0.336. The maximum Gasteiger partial charge on any atom is 0.182 e. The third-order valence-electron chi connectivity index (χ3n) is 2.36. The summed E-state index contributed by atoms with van der Waals surface area (Å²) < 4.78 is 2.53. The highest BCUT2D eigenvalue weighted by Crippen LogP contribution is 2.26. The van der Waals surface area contributed by atoms with Gasteiger partial charge in [0.15, 0.2) is 5.82 Å². The Morgan fingerprint density at radius 1 is 1.06 bits per heavy atom. The van der Waals surface area contributed by atoms with Gasteiger partial charge in [-0.3, -0.25) is 0 Å². The van der Waals surface area contributed by atoms with Crippen LogP contribution in [0.4, 0.5) is 0 Å². The summed E-state index contributed by atoms with van der Waals surface area (Å²) in [6.45, 7) is 0. The molecule has 90 valence electrons. The van der Waals surface area contributed by atoms with Crippen molar-refractivity contribution in [2.45, 2.75) is 0 Å². The highest BCUT2D eigenvalue weighted by atomic mass is 127. The highest BCUT2D eigenvalue weighted by Gasteiger charge is 2.12. The Morgan fingerprint density at radius 3 is 2.44 bits per heavy atom. The number of rotatable bonds is 1. The van der Waals surface area contributed by atoms with Crippen LogP contribution in [0.1, 0.15) is 0 Å². The molecule has 0 aliphatic carbocycles. The summed E-state index contributed by atoms with van der Waals surface area (Å²) >= 11 is 14.0. The van der Waals surface area contributed by atoms with Crippen molar-refractivity contribution in [3.63, 3.8) is 0 Å². The predicted molar refractivity (Wildman–Crippen MR) is 79.0 cm³/mol. The molecule has 0 saturated carbocycles. The number of imidazole rings is 1. The molecular weight excluding hydrogens is 386 g/mol. The highest BCUT2D eigenvalue weighted by molar-refractivity contribution is 14.1. The van der Waals surface area contributed by atoms with Crippen LogP contribution in [0, 0.1) is 3.57 Å². The van der Waals surface area contributed by atoms with E-state index in [4.69, 9.17) is 23.2 Å². The minimum atomic E-state index is 0.336. The van der Waals surface area contributed by atoms with E-state index in [-0.39, 0.29) is 0 Å². The molecule has 0 unspecified atom stereocenters. The van der Waals surface area contributed by atoms with E-state index >= 15 is 0 Å². The molecule has 0 spiro atoms. The van der Waals surface area contributed by atoms with Crippen LogP contribution in [0.25, 0.3) is 17.2 Å². The maximum atomic E-state index is 5.99. The molecule has 0 atom stereocenters. The molecule has 0 saturated heterocycles. The van der Waals surface area contributed by atoms with Crippen LogP contribution in [0.3, 0.4) is 0 Å². The number of halogens is 3. The van der Waals surface area contributed by atoms with Gasteiger partial charge in [-0.05, 0) is 34.7 Å². The first-order valence-corrected chi connectivity index (χ1v) is 6.81. The molecule has 0 N–H and O–H groups in total. The lowest BCUT2D eigenvalue weighted by Crippen LogP contribution is -1.93. The van der Waals surface area contributed by atoms with Gasteiger partial charge in [-0.15, -0.1) is 0 Å². The first-order valence-electron chi connectivity index (χ1n) is 4.98. The number of nitrogens with zero attached hydrogens (tertiary/aromatic N) is 4. The molecule has 3 rings (SSSR count). The van der Waals surface area contributed by atoms with Crippen molar-refractivity contribution in [1.29, 1.82) is 0 Å². The zero-order chi connectivity index (χ0) is 12.7. The lowest BCUT2D eigenvalue weighted by Gasteiger charge is -2.00. The van der Waals surface area contributed by atoms with Crippen LogP contribution >= 0.6 is 45.8 Å². The summed E-state index contributed by atoms with van der Waals surface area (Å²) in [4.78, 5) is 12.8. The van der Waals surface area contributed by atoms with Gasteiger partial charge in [-0.25, -0.2) is 15.0 Å². The zero-order valence-corrected chi connectivity index (χ0v) is 12.5. The molecule has 0 aromatic carbocycles. The first kappa shape index (κ1) is 12.1. The molecule has 7 heteroatoms. The summed E-state index contributed by atoms with van der Waals surface area (Å²) in [7, 11) is 0. The maximum absolute atomic E-state index is 5.99. The summed E-state index contributed by atoms with van der Waals surface area (Å²) in [6, 6.07) is 5.74. The van der Waals surface area contributed by atoms with E-state index in [9.17, 15) is 0 Å². The van der Waals surface area contributed by atoms with Gasteiger partial charge >= 0.3 is 0 Å². The van der Waals surface area contributed by atoms with Crippen LogP contribution < -0.4 is 0 Å². The van der Waals surface area contributed by atoms with Crippen molar-refractivity contribution >= 4 is 51.4 Å². The molecule has 4 nitrogen and oxygen atoms in total. The molecule has 3 aromatic heterocycles. The molecule has 0 aliphatic rings. The molecule has 0 radical (unpaired) electrons. The van der Waals surface area contributed by atoms with E-state index < -0.39 is 0 Å². The van der Waals surface area contributed by atoms with Gasteiger partial charge in [0.2, 0.25) is 0 Å². The number of aromatic nitrogens is 4. The van der Waals surface area contributed by atoms with Gasteiger partial charge in [-0.1, -0.05) is 29.3 Å². The molecule has 0 aliphatic heterocycles. The zero-order valence-electron chi connectivity index (χ0n) is 8.81. The van der Waals surface area contributed by atoms with Gasteiger partial charge in [0.25, 0.3) is 0 Å². The van der Waals surface area contributed by atoms with E-state index in [1.165, 1.54) is 0 Å². The summed E-state index contributed by atoms with van der Waals surface area (Å²) in [6.07, 6.45) is 3.74. The monoisotopic (exact) mass is 390 g/mol. The smallest absolute Gasteiger partial charge is 0.182 e. The van der Waals surface area contributed by atoms with E-state index in [2.05, 4.69) is 15.0 Å². The Morgan fingerprint density at radius 2 is 1.78 bits per heavy atom. The van der Waals surface area contributed by atoms with Crippen molar-refractivity contribution in [3.8, 4) is 11.5 Å². The van der Waals surface area contributed by atoms with Crippen molar-refractivity contribution in [2.75, 3.05) is 0 Å². The van der Waals surface area contributed by atoms with Crippen LogP contribution in [-0.4, -0.2) is 19.4 Å². The Kier molecular flexibility index (Phi) is 3.13. The van der Waals surface area contributed by atoms with Crippen LogP contribution in [0.15, 0.2) is 30.6 Å². The number of hydrogen-bond donors (Lipinski definition) is 0. The summed E-state index contributed by atoms with van der Waals surface area (Å²) in [5.41, 5.74) is 1.46. The average Bonchev–Trinajstić information content (AvgIpc) is 2.79. The molecule has 0 bridgehead atoms. The standard InChI is InChI=1S/C11H5Cl2IN4/c12-9-8(14)10(13)17-11(16-9)6-5-18-4-2-1-3-7(18)15-6/h1-5H. The van der Waals surface area contributed by atoms with Gasteiger partial charge in [0.1, 0.15) is 21.6 Å². The third-order valence-corrected chi connectivity index (χ3v) is 4.57. The predicted octanol–water partition coefficient (Wildman–Crippen LogP) is 3.70.